The van der Waals surface area contributed by atoms with Crippen molar-refractivity contribution in [3.05, 3.63) is 41.9 Å². The molecule has 0 unspecified atom stereocenters. The number of aryl methyl sites for hydroxylation is 2. The molecule has 0 N–H and O–H groups in total. The molecule has 2 aromatic heterocycles. The van der Waals surface area contributed by atoms with Gasteiger partial charge in [-0.2, -0.15) is 11.2 Å². The van der Waals surface area contributed by atoms with E-state index in [1.54, 1.807) is 16.9 Å². The van der Waals surface area contributed by atoms with E-state index in [9.17, 15) is 0 Å². The van der Waals surface area contributed by atoms with Crippen LogP contribution in [0.5, 0.6) is 5.88 Å². The third kappa shape index (κ3) is 4.21. The monoisotopic (exact) mass is 305 g/mol. The fourth-order valence-corrected chi connectivity index (χ4v) is 1.33. The van der Waals surface area contributed by atoms with Crippen LogP contribution in [0.1, 0.15) is 18.2 Å². The van der Waals surface area contributed by atoms with E-state index in [1.807, 2.05) is 19.3 Å². The zero-order chi connectivity index (χ0) is 11.4. The van der Waals surface area contributed by atoms with Crippen LogP contribution < -0.4 is 4.74 Å². The van der Waals surface area contributed by atoms with Gasteiger partial charge in [-0.1, -0.05) is 19.5 Å². The molecule has 2 heterocycles. The summed E-state index contributed by atoms with van der Waals surface area (Å²) < 4.78 is 7.24. The second-order valence-corrected chi connectivity index (χ2v) is 3.53. The summed E-state index contributed by atoms with van der Waals surface area (Å²) in [6.45, 7) is 2.51. The molecule has 4 nitrogen and oxygen atoms in total. The van der Waals surface area contributed by atoms with E-state index in [-0.39, 0.29) is 32.7 Å². The number of pyridine rings is 1. The summed E-state index contributed by atoms with van der Waals surface area (Å²) in [6.07, 6.45) is 4.61. The molecule has 5 heteroatoms. The molecule has 1 radical (unpaired) electrons. The summed E-state index contributed by atoms with van der Waals surface area (Å²) in [5, 5.41) is 4.21. The molecule has 87 valence electrons. The number of nitrogens with zero attached hydrogens (tertiary/aromatic N) is 3. The summed E-state index contributed by atoms with van der Waals surface area (Å²) in [4.78, 5) is 4.18. The van der Waals surface area contributed by atoms with Gasteiger partial charge in [-0.15, -0.1) is 11.6 Å². The third-order valence-electron chi connectivity index (χ3n) is 2.25. The standard InChI is InChI=1S/C12H14N3O.Y/c1-3-10-4-5-12(13-8-10)16-9-11-6-7-15(2)14-11;/h5-8H,3,9H2,1-2H3;/q-1;. The van der Waals surface area contributed by atoms with E-state index in [0.29, 0.717) is 12.5 Å². The van der Waals surface area contributed by atoms with E-state index in [1.165, 1.54) is 0 Å². The average molecular weight is 305 g/mol. The Balaban J connectivity index is 0.00000144. The predicted octanol–water partition coefficient (Wildman–Crippen LogP) is 1.75. The molecular weight excluding hydrogens is 291 g/mol. The van der Waals surface area contributed by atoms with Gasteiger partial charge < -0.3 is 9.72 Å². The maximum atomic E-state index is 5.49. The SMILES string of the molecule is CCc1[c-]cc(OCc2ccn(C)n2)nc1.[Y]. The molecule has 0 fully saturated rings. The average Bonchev–Trinajstić information content (AvgIpc) is 2.73. The number of aromatic nitrogens is 3. The van der Waals surface area contributed by atoms with Crippen LogP contribution >= 0.6 is 0 Å². The smallest absolute Gasteiger partial charge is 0.117 e. The van der Waals surface area contributed by atoms with Crippen LogP contribution in [0.3, 0.4) is 0 Å². The normalized spacial score (nSPS) is 9.76. The Labute approximate surface area is 126 Å². The van der Waals surface area contributed by atoms with Crippen LogP contribution in [0.2, 0.25) is 0 Å². The predicted molar refractivity (Wildman–Crippen MR) is 60.0 cm³/mol. The van der Waals surface area contributed by atoms with Gasteiger partial charge in [0.05, 0.1) is 11.6 Å². The Morgan fingerprint density at radius 2 is 2.29 bits per heavy atom. The molecule has 0 aliphatic carbocycles. The van der Waals surface area contributed by atoms with Crippen LogP contribution in [-0.4, -0.2) is 14.8 Å². The second-order valence-electron chi connectivity index (χ2n) is 3.53. The number of ether oxygens (including phenoxy) is 1. The minimum absolute atomic E-state index is 0. The number of hydrogen-bond donors (Lipinski definition) is 0. The summed E-state index contributed by atoms with van der Waals surface area (Å²) >= 11 is 0. The van der Waals surface area contributed by atoms with Gasteiger partial charge in [-0.25, -0.2) is 0 Å². The summed E-state index contributed by atoms with van der Waals surface area (Å²) in [7, 11) is 1.88. The van der Waals surface area contributed by atoms with Gasteiger partial charge in [0.15, 0.2) is 0 Å². The molecule has 0 saturated carbocycles. The van der Waals surface area contributed by atoms with Crippen molar-refractivity contribution in [3.8, 4) is 5.88 Å². The molecule has 0 amide bonds. The summed E-state index contributed by atoms with van der Waals surface area (Å²) in [5.74, 6) is 0.586. The topological polar surface area (TPSA) is 39.9 Å². The largest absolute Gasteiger partial charge is 0.528 e. The van der Waals surface area contributed by atoms with Gasteiger partial charge in [-0.3, -0.25) is 4.68 Å². The van der Waals surface area contributed by atoms with Gasteiger partial charge in [0.1, 0.15) is 6.61 Å². The van der Waals surface area contributed by atoms with Gasteiger partial charge >= 0.3 is 0 Å². The van der Waals surface area contributed by atoms with Crippen molar-refractivity contribution in [1.29, 1.82) is 0 Å². The molecule has 0 saturated heterocycles. The van der Waals surface area contributed by atoms with Crippen molar-refractivity contribution in [1.82, 2.24) is 14.8 Å². The van der Waals surface area contributed by atoms with E-state index in [4.69, 9.17) is 4.74 Å². The van der Waals surface area contributed by atoms with Crippen molar-refractivity contribution in [2.45, 2.75) is 20.0 Å². The Kier molecular flexibility index (Phi) is 5.79. The first-order chi connectivity index (χ1) is 7.78. The van der Waals surface area contributed by atoms with E-state index >= 15 is 0 Å². The fourth-order valence-electron chi connectivity index (χ4n) is 1.33. The van der Waals surface area contributed by atoms with E-state index in [0.717, 1.165) is 17.7 Å². The van der Waals surface area contributed by atoms with Crippen LogP contribution in [0, 0.1) is 6.07 Å². The van der Waals surface area contributed by atoms with Crippen molar-refractivity contribution in [2.75, 3.05) is 0 Å². The maximum Gasteiger partial charge on any atom is 0.117 e. The maximum absolute atomic E-state index is 5.49. The van der Waals surface area contributed by atoms with Crippen LogP contribution in [0.25, 0.3) is 0 Å². The second kappa shape index (κ2) is 6.87. The Morgan fingerprint density at radius 1 is 1.47 bits per heavy atom. The number of hydrogen-bond acceptors (Lipinski definition) is 3. The molecule has 0 spiro atoms. The zero-order valence-electron chi connectivity index (χ0n) is 10.1. The Hall–Kier alpha value is -0.736. The molecule has 0 bridgehead atoms. The molecular formula is C12H14N3OY-. The Morgan fingerprint density at radius 3 is 2.82 bits per heavy atom. The minimum Gasteiger partial charge on any atom is -0.528 e. The summed E-state index contributed by atoms with van der Waals surface area (Å²) in [6, 6.07) is 6.80. The van der Waals surface area contributed by atoms with Gasteiger partial charge in [-0.05, 0) is 6.07 Å². The van der Waals surface area contributed by atoms with Gasteiger partial charge in [0.2, 0.25) is 0 Å². The molecule has 2 aromatic rings. The van der Waals surface area contributed by atoms with Gasteiger partial charge in [0.25, 0.3) is 0 Å². The van der Waals surface area contributed by atoms with Crippen molar-refractivity contribution < 1.29 is 37.4 Å². The molecule has 0 atom stereocenters. The van der Waals surface area contributed by atoms with Crippen molar-refractivity contribution in [3.63, 3.8) is 0 Å². The molecule has 2 rings (SSSR count). The molecule has 0 aromatic carbocycles. The van der Waals surface area contributed by atoms with Crippen LogP contribution in [-0.2, 0) is 52.8 Å². The first-order valence-electron chi connectivity index (χ1n) is 5.26. The quantitative estimate of drug-likeness (QED) is 0.808. The summed E-state index contributed by atoms with van der Waals surface area (Å²) in [5.41, 5.74) is 1.98. The number of rotatable bonds is 4. The van der Waals surface area contributed by atoms with E-state index < -0.39 is 0 Å². The molecule has 0 aliphatic rings. The fraction of sp³-hybridized carbons (Fsp3) is 0.333. The van der Waals surface area contributed by atoms with Crippen LogP contribution in [0.4, 0.5) is 0 Å². The Bertz CT molecular complexity index is 453. The minimum atomic E-state index is 0. The zero-order valence-corrected chi connectivity index (χ0v) is 12.9. The first-order valence-corrected chi connectivity index (χ1v) is 5.26. The van der Waals surface area contributed by atoms with Crippen LogP contribution in [0.15, 0.2) is 24.5 Å². The molecule has 17 heavy (non-hydrogen) atoms. The molecule has 0 aliphatic heterocycles. The van der Waals surface area contributed by atoms with Gasteiger partial charge in [0, 0.05) is 46.0 Å². The van der Waals surface area contributed by atoms with Crippen molar-refractivity contribution >= 4 is 0 Å². The first kappa shape index (κ1) is 14.3. The van der Waals surface area contributed by atoms with E-state index in [2.05, 4.69) is 23.1 Å². The third-order valence-corrected chi connectivity index (χ3v) is 2.25. The van der Waals surface area contributed by atoms with Crippen molar-refractivity contribution in [2.24, 2.45) is 7.05 Å².